The minimum atomic E-state index is -0.720. The highest BCUT2D eigenvalue weighted by molar-refractivity contribution is 5.68. The molecule has 1 aliphatic rings. The second-order valence-electron chi connectivity index (χ2n) is 3.58. The zero-order valence-electron chi connectivity index (χ0n) is 6.84. The molecule has 1 rings (SSSR count). The van der Waals surface area contributed by atoms with Gasteiger partial charge in [-0.25, -0.2) is 0 Å². The SMILES string of the molecule is C[C@@H]1CC[C@@]1(CN)CC(=O)O. The molecular formula is C8H15NO2. The molecule has 1 fully saturated rings. The zero-order chi connectivity index (χ0) is 8.48. The van der Waals surface area contributed by atoms with Gasteiger partial charge in [0.15, 0.2) is 0 Å². The van der Waals surface area contributed by atoms with Crippen molar-refractivity contribution in [1.29, 1.82) is 0 Å². The van der Waals surface area contributed by atoms with Gasteiger partial charge in [-0.15, -0.1) is 0 Å². The van der Waals surface area contributed by atoms with Crippen LogP contribution in [0.25, 0.3) is 0 Å². The molecule has 0 bridgehead atoms. The fourth-order valence-corrected chi connectivity index (χ4v) is 1.78. The van der Waals surface area contributed by atoms with Crippen molar-refractivity contribution >= 4 is 5.97 Å². The third kappa shape index (κ3) is 1.38. The summed E-state index contributed by atoms with van der Waals surface area (Å²) in [5.41, 5.74) is 5.47. The number of carboxylic acids is 1. The van der Waals surface area contributed by atoms with Crippen LogP contribution in [-0.2, 0) is 4.79 Å². The van der Waals surface area contributed by atoms with Gasteiger partial charge in [0.2, 0.25) is 0 Å². The number of hydrogen-bond acceptors (Lipinski definition) is 2. The maximum atomic E-state index is 10.5. The third-order valence-electron chi connectivity index (χ3n) is 3.03. The zero-order valence-corrected chi connectivity index (χ0v) is 6.84. The fraction of sp³-hybridized carbons (Fsp3) is 0.875. The Balaban J connectivity index is 2.54. The van der Waals surface area contributed by atoms with Crippen LogP contribution in [0.1, 0.15) is 26.2 Å². The average Bonchev–Trinajstić information content (AvgIpc) is 1.96. The lowest BCUT2D eigenvalue weighted by Crippen LogP contribution is -2.46. The van der Waals surface area contributed by atoms with Gasteiger partial charge in [0.05, 0.1) is 6.42 Å². The Kier molecular flexibility index (Phi) is 2.18. The van der Waals surface area contributed by atoms with E-state index in [9.17, 15) is 4.79 Å². The first kappa shape index (κ1) is 8.53. The van der Waals surface area contributed by atoms with Gasteiger partial charge >= 0.3 is 5.97 Å². The summed E-state index contributed by atoms with van der Waals surface area (Å²) in [4.78, 5) is 10.5. The number of aliphatic carboxylic acids is 1. The molecule has 64 valence electrons. The Labute approximate surface area is 66.6 Å². The molecule has 0 saturated heterocycles. The Morgan fingerprint density at radius 1 is 1.82 bits per heavy atom. The summed E-state index contributed by atoms with van der Waals surface area (Å²) in [6.07, 6.45) is 2.35. The van der Waals surface area contributed by atoms with E-state index in [-0.39, 0.29) is 11.8 Å². The van der Waals surface area contributed by atoms with Crippen LogP contribution in [0, 0.1) is 11.3 Å². The standard InChI is InChI=1S/C8H15NO2/c1-6-2-3-8(6,5-9)4-7(10)11/h6H,2-5,9H2,1H3,(H,10,11)/t6-,8+/m1/s1. The van der Waals surface area contributed by atoms with E-state index in [1.165, 1.54) is 0 Å². The lowest BCUT2D eigenvalue weighted by Gasteiger charge is -2.46. The number of rotatable bonds is 3. The van der Waals surface area contributed by atoms with E-state index in [2.05, 4.69) is 6.92 Å². The highest BCUT2D eigenvalue weighted by Gasteiger charge is 2.44. The molecule has 0 heterocycles. The van der Waals surface area contributed by atoms with Crippen molar-refractivity contribution in [3.05, 3.63) is 0 Å². The molecule has 2 atom stereocenters. The van der Waals surface area contributed by atoms with Crippen LogP contribution in [0.3, 0.4) is 0 Å². The molecule has 3 N–H and O–H groups in total. The molecule has 0 unspecified atom stereocenters. The van der Waals surface area contributed by atoms with Crippen LogP contribution in [0.5, 0.6) is 0 Å². The van der Waals surface area contributed by atoms with Crippen molar-refractivity contribution in [2.75, 3.05) is 6.54 Å². The van der Waals surface area contributed by atoms with E-state index in [4.69, 9.17) is 10.8 Å². The van der Waals surface area contributed by atoms with Crippen molar-refractivity contribution in [1.82, 2.24) is 0 Å². The Bertz CT molecular complexity index is 165. The minimum Gasteiger partial charge on any atom is -0.481 e. The van der Waals surface area contributed by atoms with Crippen LogP contribution in [-0.4, -0.2) is 17.6 Å². The van der Waals surface area contributed by atoms with Crippen molar-refractivity contribution in [3.63, 3.8) is 0 Å². The van der Waals surface area contributed by atoms with Crippen LogP contribution < -0.4 is 5.73 Å². The molecular weight excluding hydrogens is 142 g/mol. The summed E-state index contributed by atoms with van der Waals surface area (Å²) in [7, 11) is 0. The molecule has 0 radical (unpaired) electrons. The van der Waals surface area contributed by atoms with E-state index < -0.39 is 5.97 Å². The highest BCUT2D eigenvalue weighted by atomic mass is 16.4. The molecule has 3 heteroatoms. The smallest absolute Gasteiger partial charge is 0.303 e. The summed E-state index contributed by atoms with van der Waals surface area (Å²) in [5.74, 6) is -0.231. The maximum Gasteiger partial charge on any atom is 0.303 e. The van der Waals surface area contributed by atoms with Crippen LogP contribution in [0.4, 0.5) is 0 Å². The monoisotopic (exact) mass is 157 g/mol. The van der Waals surface area contributed by atoms with E-state index in [0.29, 0.717) is 12.5 Å². The molecule has 0 aromatic carbocycles. The van der Waals surface area contributed by atoms with Gasteiger partial charge in [-0.3, -0.25) is 4.79 Å². The molecule has 0 spiro atoms. The Morgan fingerprint density at radius 3 is 2.55 bits per heavy atom. The summed E-state index contributed by atoms with van der Waals surface area (Å²) in [6, 6.07) is 0. The Hall–Kier alpha value is -0.570. The normalized spacial score (nSPS) is 36.4. The largest absolute Gasteiger partial charge is 0.481 e. The molecule has 1 saturated carbocycles. The second kappa shape index (κ2) is 2.81. The number of nitrogens with two attached hydrogens (primary N) is 1. The summed E-state index contributed by atoms with van der Waals surface area (Å²) < 4.78 is 0. The predicted octanol–water partition coefficient (Wildman–Crippen LogP) is 0.836. The predicted molar refractivity (Wildman–Crippen MR) is 42.1 cm³/mol. The quantitative estimate of drug-likeness (QED) is 0.638. The van der Waals surface area contributed by atoms with Gasteiger partial charge in [0.25, 0.3) is 0 Å². The summed E-state index contributed by atoms with van der Waals surface area (Å²) >= 11 is 0. The first-order chi connectivity index (χ1) is 5.10. The molecule has 0 aliphatic heterocycles. The molecule has 11 heavy (non-hydrogen) atoms. The highest BCUT2D eigenvalue weighted by Crippen LogP contribution is 2.48. The van der Waals surface area contributed by atoms with E-state index in [0.717, 1.165) is 12.8 Å². The molecule has 0 aromatic heterocycles. The van der Waals surface area contributed by atoms with E-state index in [1.54, 1.807) is 0 Å². The number of carbonyl (C=O) groups is 1. The third-order valence-corrected chi connectivity index (χ3v) is 3.03. The lowest BCUT2D eigenvalue weighted by molar-refractivity contribution is -0.143. The molecule has 0 amide bonds. The topological polar surface area (TPSA) is 63.3 Å². The van der Waals surface area contributed by atoms with Gasteiger partial charge in [-0.2, -0.15) is 0 Å². The van der Waals surface area contributed by atoms with E-state index in [1.807, 2.05) is 0 Å². The molecule has 1 aliphatic carbocycles. The maximum absolute atomic E-state index is 10.5. The lowest BCUT2D eigenvalue weighted by atomic mass is 9.59. The van der Waals surface area contributed by atoms with Gasteiger partial charge in [-0.1, -0.05) is 6.92 Å². The first-order valence-electron chi connectivity index (χ1n) is 4.02. The number of carboxylic acid groups (broad SMARTS) is 1. The van der Waals surface area contributed by atoms with Crippen LogP contribution in [0.15, 0.2) is 0 Å². The van der Waals surface area contributed by atoms with Crippen molar-refractivity contribution in [2.45, 2.75) is 26.2 Å². The van der Waals surface area contributed by atoms with Gasteiger partial charge in [0, 0.05) is 0 Å². The van der Waals surface area contributed by atoms with Gasteiger partial charge in [-0.05, 0) is 30.7 Å². The molecule has 0 aromatic rings. The van der Waals surface area contributed by atoms with Crippen molar-refractivity contribution in [3.8, 4) is 0 Å². The summed E-state index contributed by atoms with van der Waals surface area (Å²) in [6.45, 7) is 2.60. The van der Waals surface area contributed by atoms with Crippen LogP contribution in [0.2, 0.25) is 0 Å². The second-order valence-corrected chi connectivity index (χ2v) is 3.58. The Morgan fingerprint density at radius 2 is 2.45 bits per heavy atom. The van der Waals surface area contributed by atoms with E-state index >= 15 is 0 Å². The van der Waals surface area contributed by atoms with Gasteiger partial charge in [0.1, 0.15) is 0 Å². The average molecular weight is 157 g/mol. The fourth-order valence-electron chi connectivity index (χ4n) is 1.78. The van der Waals surface area contributed by atoms with Gasteiger partial charge < -0.3 is 10.8 Å². The van der Waals surface area contributed by atoms with Crippen LogP contribution >= 0.6 is 0 Å². The summed E-state index contributed by atoms with van der Waals surface area (Å²) in [5, 5.41) is 8.61. The minimum absolute atomic E-state index is 0.0775. The molecule has 3 nitrogen and oxygen atoms in total. The van der Waals surface area contributed by atoms with Crippen molar-refractivity contribution < 1.29 is 9.90 Å². The number of hydrogen-bond donors (Lipinski definition) is 2. The first-order valence-corrected chi connectivity index (χ1v) is 4.02. The van der Waals surface area contributed by atoms with Crippen molar-refractivity contribution in [2.24, 2.45) is 17.1 Å².